The van der Waals surface area contributed by atoms with E-state index in [2.05, 4.69) is 29.8 Å². The zero-order chi connectivity index (χ0) is 13.3. The minimum Gasteiger partial charge on any atom is -0.336 e. The number of nitrogens with zero attached hydrogens (tertiary/aromatic N) is 1. The highest BCUT2D eigenvalue weighted by atomic mass is 79.9. The number of halogens is 1. The number of rotatable bonds is 1. The largest absolute Gasteiger partial charge is 0.336 e. The van der Waals surface area contributed by atoms with Crippen molar-refractivity contribution in [2.24, 2.45) is 5.92 Å². The predicted molar refractivity (Wildman–Crippen MR) is 77.8 cm³/mol. The van der Waals surface area contributed by atoms with Crippen molar-refractivity contribution < 1.29 is 4.79 Å². The SMILES string of the molecule is Cc1cc(C(=O)N2CCC(C)CC2C)ccc1Br. The maximum absolute atomic E-state index is 12.5. The molecular weight excluding hydrogens is 290 g/mol. The van der Waals surface area contributed by atoms with E-state index < -0.39 is 0 Å². The number of aryl methyl sites for hydroxylation is 1. The fraction of sp³-hybridized carbons (Fsp3) is 0.533. The molecule has 0 saturated carbocycles. The first-order valence-corrected chi connectivity index (χ1v) is 7.35. The van der Waals surface area contributed by atoms with Gasteiger partial charge in [-0.1, -0.05) is 22.9 Å². The van der Waals surface area contributed by atoms with Crippen LogP contribution in [0.15, 0.2) is 22.7 Å². The lowest BCUT2D eigenvalue weighted by molar-refractivity contribution is 0.0588. The number of hydrogen-bond acceptors (Lipinski definition) is 1. The summed E-state index contributed by atoms with van der Waals surface area (Å²) in [5.74, 6) is 0.903. The van der Waals surface area contributed by atoms with Crippen molar-refractivity contribution in [2.45, 2.75) is 39.7 Å². The molecule has 2 atom stereocenters. The topological polar surface area (TPSA) is 20.3 Å². The molecule has 0 aliphatic carbocycles. The van der Waals surface area contributed by atoms with Crippen molar-refractivity contribution in [3.05, 3.63) is 33.8 Å². The van der Waals surface area contributed by atoms with Gasteiger partial charge < -0.3 is 4.90 Å². The number of piperidine rings is 1. The van der Waals surface area contributed by atoms with Gasteiger partial charge in [-0.05, 0) is 56.4 Å². The zero-order valence-corrected chi connectivity index (χ0v) is 12.8. The van der Waals surface area contributed by atoms with Gasteiger partial charge in [-0.2, -0.15) is 0 Å². The molecule has 0 aromatic heterocycles. The van der Waals surface area contributed by atoms with Gasteiger partial charge >= 0.3 is 0 Å². The normalized spacial score (nSPS) is 24.1. The summed E-state index contributed by atoms with van der Waals surface area (Å²) in [5.41, 5.74) is 1.91. The Morgan fingerprint density at radius 1 is 1.39 bits per heavy atom. The molecule has 1 aromatic carbocycles. The highest BCUT2D eigenvalue weighted by Gasteiger charge is 2.27. The van der Waals surface area contributed by atoms with Gasteiger partial charge in [0.1, 0.15) is 0 Å². The summed E-state index contributed by atoms with van der Waals surface area (Å²) < 4.78 is 1.05. The Bertz CT molecular complexity index is 458. The maximum atomic E-state index is 12.5. The highest BCUT2D eigenvalue weighted by molar-refractivity contribution is 9.10. The molecule has 1 amide bonds. The average molecular weight is 310 g/mol. The second-order valence-electron chi connectivity index (χ2n) is 5.44. The second kappa shape index (κ2) is 5.43. The van der Waals surface area contributed by atoms with Crippen molar-refractivity contribution in [1.82, 2.24) is 4.90 Å². The molecule has 1 aliphatic heterocycles. The van der Waals surface area contributed by atoms with E-state index in [1.165, 1.54) is 0 Å². The number of benzene rings is 1. The Hall–Kier alpha value is -0.830. The van der Waals surface area contributed by atoms with E-state index >= 15 is 0 Å². The van der Waals surface area contributed by atoms with Crippen molar-refractivity contribution in [3.8, 4) is 0 Å². The zero-order valence-electron chi connectivity index (χ0n) is 11.2. The summed E-state index contributed by atoms with van der Waals surface area (Å²) in [5, 5.41) is 0. The third-order valence-electron chi connectivity index (χ3n) is 3.80. The predicted octanol–water partition coefficient (Wildman–Crippen LogP) is 4.02. The molecule has 0 spiro atoms. The third kappa shape index (κ3) is 2.77. The van der Waals surface area contributed by atoms with Gasteiger partial charge in [0.05, 0.1) is 0 Å². The van der Waals surface area contributed by atoms with Gasteiger partial charge in [-0.15, -0.1) is 0 Å². The molecule has 0 N–H and O–H groups in total. The van der Waals surface area contributed by atoms with E-state index in [4.69, 9.17) is 0 Å². The Morgan fingerprint density at radius 2 is 2.11 bits per heavy atom. The van der Waals surface area contributed by atoms with Crippen molar-refractivity contribution >= 4 is 21.8 Å². The molecule has 18 heavy (non-hydrogen) atoms. The number of amides is 1. The van der Waals surface area contributed by atoms with Gasteiger partial charge in [-0.25, -0.2) is 0 Å². The molecule has 1 fully saturated rings. The summed E-state index contributed by atoms with van der Waals surface area (Å²) in [6.07, 6.45) is 2.23. The van der Waals surface area contributed by atoms with Crippen molar-refractivity contribution in [3.63, 3.8) is 0 Å². The summed E-state index contributed by atoms with van der Waals surface area (Å²) in [4.78, 5) is 14.5. The minimum atomic E-state index is 0.171. The van der Waals surface area contributed by atoms with Crippen LogP contribution in [0.4, 0.5) is 0 Å². The Balaban J connectivity index is 2.18. The van der Waals surface area contributed by atoms with Crippen LogP contribution in [0.25, 0.3) is 0 Å². The van der Waals surface area contributed by atoms with E-state index in [-0.39, 0.29) is 5.91 Å². The molecule has 2 rings (SSSR count). The van der Waals surface area contributed by atoms with Crippen molar-refractivity contribution in [1.29, 1.82) is 0 Å². The fourth-order valence-electron chi connectivity index (χ4n) is 2.65. The summed E-state index contributed by atoms with van der Waals surface area (Å²) in [7, 11) is 0. The van der Waals surface area contributed by atoms with Crippen LogP contribution in [0.2, 0.25) is 0 Å². The van der Waals surface area contributed by atoms with Crippen LogP contribution in [0, 0.1) is 12.8 Å². The molecule has 1 aromatic rings. The first-order chi connectivity index (χ1) is 8.49. The lowest BCUT2D eigenvalue weighted by Gasteiger charge is -2.36. The lowest BCUT2D eigenvalue weighted by Crippen LogP contribution is -2.44. The maximum Gasteiger partial charge on any atom is 0.254 e. The molecule has 1 heterocycles. The van der Waals surface area contributed by atoms with E-state index in [9.17, 15) is 4.79 Å². The first kappa shape index (κ1) is 13.6. The highest BCUT2D eigenvalue weighted by Crippen LogP contribution is 2.25. The molecule has 2 nitrogen and oxygen atoms in total. The van der Waals surface area contributed by atoms with Gasteiger partial charge in [0.15, 0.2) is 0 Å². The fourth-order valence-corrected chi connectivity index (χ4v) is 2.90. The molecule has 2 unspecified atom stereocenters. The minimum absolute atomic E-state index is 0.171. The van der Waals surface area contributed by atoms with E-state index in [0.29, 0.717) is 6.04 Å². The van der Waals surface area contributed by atoms with Gasteiger partial charge in [0, 0.05) is 22.6 Å². The Kier molecular flexibility index (Phi) is 4.10. The molecule has 0 bridgehead atoms. The Morgan fingerprint density at radius 3 is 2.72 bits per heavy atom. The quantitative estimate of drug-likeness (QED) is 0.767. The number of carbonyl (C=O) groups is 1. The Labute approximate surface area is 117 Å². The van der Waals surface area contributed by atoms with Crippen LogP contribution in [0.3, 0.4) is 0 Å². The van der Waals surface area contributed by atoms with E-state index in [1.807, 2.05) is 30.0 Å². The third-order valence-corrected chi connectivity index (χ3v) is 4.69. The molecule has 3 heteroatoms. The van der Waals surface area contributed by atoms with E-state index in [1.54, 1.807) is 0 Å². The number of likely N-dealkylation sites (tertiary alicyclic amines) is 1. The van der Waals surface area contributed by atoms with Crippen LogP contribution < -0.4 is 0 Å². The summed E-state index contributed by atoms with van der Waals surface area (Å²) in [6.45, 7) is 7.32. The summed E-state index contributed by atoms with van der Waals surface area (Å²) in [6, 6.07) is 6.19. The average Bonchev–Trinajstić information content (AvgIpc) is 2.32. The number of carbonyl (C=O) groups excluding carboxylic acids is 1. The first-order valence-electron chi connectivity index (χ1n) is 6.56. The molecule has 1 aliphatic rings. The monoisotopic (exact) mass is 309 g/mol. The van der Waals surface area contributed by atoms with Crippen LogP contribution in [0.1, 0.15) is 42.6 Å². The van der Waals surface area contributed by atoms with Crippen LogP contribution >= 0.6 is 15.9 Å². The molecule has 98 valence electrons. The van der Waals surface area contributed by atoms with Crippen LogP contribution in [-0.4, -0.2) is 23.4 Å². The van der Waals surface area contributed by atoms with Gasteiger partial charge in [0.25, 0.3) is 5.91 Å². The lowest BCUT2D eigenvalue weighted by atomic mass is 9.93. The van der Waals surface area contributed by atoms with Crippen LogP contribution in [-0.2, 0) is 0 Å². The summed E-state index contributed by atoms with van der Waals surface area (Å²) >= 11 is 3.47. The van der Waals surface area contributed by atoms with Gasteiger partial charge in [-0.3, -0.25) is 4.79 Å². The standard InChI is InChI=1S/C15H20BrNO/c1-10-6-7-17(12(3)8-10)15(18)13-4-5-14(16)11(2)9-13/h4-5,9-10,12H,6-8H2,1-3H3. The second-order valence-corrected chi connectivity index (χ2v) is 6.30. The van der Waals surface area contributed by atoms with Crippen LogP contribution in [0.5, 0.6) is 0 Å². The molecule has 1 saturated heterocycles. The van der Waals surface area contributed by atoms with Crippen molar-refractivity contribution in [2.75, 3.05) is 6.54 Å². The van der Waals surface area contributed by atoms with E-state index in [0.717, 1.165) is 40.9 Å². The number of hydrogen-bond donors (Lipinski definition) is 0. The van der Waals surface area contributed by atoms with Gasteiger partial charge in [0.2, 0.25) is 0 Å². The molecular formula is C15H20BrNO. The smallest absolute Gasteiger partial charge is 0.254 e. The molecule has 0 radical (unpaired) electrons.